The highest BCUT2D eigenvalue weighted by Gasteiger charge is 2.72. The molecule has 1 saturated carbocycles. The number of rotatable bonds is 5. The van der Waals surface area contributed by atoms with E-state index in [0.29, 0.717) is 22.1 Å². The van der Waals surface area contributed by atoms with Gasteiger partial charge in [-0.2, -0.15) is 0 Å². The zero-order valence-corrected chi connectivity index (χ0v) is 19.5. The minimum absolute atomic E-state index is 0.0350. The summed E-state index contributed by atoms with van der Waals surface area (Å²) >= 11 is 12.1. The molecule has 0 spiro atoms. The van der Waals surface area contributed by atoms with Crippen molar-refractivity contribution in [3.8, 4) is 0 Å². The third kappa shape index (κ3) is 3.56. The monoisotopic (exact) mass is 509 g/mol. The van der Waals surface area contributed by atoms with Crippen LogP contribution < -0.4 is 15.8 Å². The van der Waals surface area contributed by atoms with Crippen molar-refractivity contribution < 1.29 is 18.7 Å². The van der Waals surface area contributed by atoms with Crippen LogP contribution in [0.15, 0.2) is 29.1 Å². The molecule has 0 bridgehead atoms. The average Bonchev–Trinajstić information content (AvgIpc) is 3.11. The average molecular weight is 510 g/mol. The van der Waals surface area contributed by atoms with E-state index in [9.17, 15) is 23.5 Å². The number of alkyl halides is 2. The number of benzene rings is 1. The molecule has 0 radical (unpaired) electrons. The molecule has 1 saturated heterocycles. The topological polar surface area (TPSA) is 100 Å². The summed E-state index contributed by atoms with van der Waals surface area (Å²) < 4.78 is 28.8. The summed E-state index contributed by atoms with van der Waals surface area (Å²) in [5, 5.41) is 13.2. The second kappa shape index (κ2) is 7.78. The Morgan fingerprint density at radius 2 is 1.91 bits per heavy atom. The number of fused-ring (bicyclic) bond motifs is 2. The molecule has 3 aromatic rings. The van der Waals surface area contributed by atoms with Crippen LogP contribution in [-0.4, -0.2) is 44.6 Å². The van der Waals surface area contributed by atoms with E-state index >= 15 is 0 Å². The lowest BCUT2D eigenvalue weighted by atomic mass is 10.0. The van der Waals surface area contributed by atoms with E-state index in [1.54, 1.807) is 24.9 Å². The largest absolute Gasteiger partial charge is 0.476 e. The lowest BCUT2D eigenvalue weighted by Crippen LogP contribution is -2.34. The first-order valence-corrected chi connectivity index (χ1v) is 11.2. The van der Waals surface area contributed by atoms with Gasteiger partial charge in [-0.15, -0.1) is 0 Å². The van der Waals surface area contributed by atoms with Crippen LogP contribution in [0.1, 0.15) is 29.0 Å². The van der Waals surface area contributed by atoms with Crippen molar-refractivity contribution >= 4 is 51.7 Å². The minimum atomic E-state index is -2.65. The summed E-state index contributed by atoms with van der Waals surface area (Å²) in [6.07, 6.45) is 0. The number of aromatic nitrogens is 3. The summed E-state index contributed by atoms with van der Waals surface area (Å²) in [7, 11) is 1.55. The number of halogens is 4. The van der Waals surface area contributed by atoms with Crippen LogP contribution in [0.25, 0.3) is 10.9 Å². The molecular formula is C22H19Cl2F2N5O3. The van der Waals surface area contributed by atoms with Crippen LogP contribution in [0.3, 0.4) is 0 Å². The number of carboxylic acid groups (broad SMARTS) is 1. The maximum Gasteiger partial charge on any atom is 0.356 e. The Labute approximate surface area is 202 Å². The number of nitrogens with zero attached hydrogens (tertiary/aromatic N) is 4. The van der Waals surface area contributed by atoms with Gasteiger partial charge in [-0.05, 0) is 31.2 Å². The molecule has 3 unspecified atom stereocenters. The zero-order valence-electron chi connectivity index (χ0n) is 18.0. The predicted molar refractivity (Wildman–Crippen MR) is 124 cm³/mol. The number of anilines is 2. The Morgan fingerprint density at radius 1 is 1.24 bits per heavy atom. The van der Waals surface area contributed by atoms with Crippen molar-refractivity contribution in [2.24, 2.45) is 18.9 Å². The molecule has 5 rings (SSSR count). The molecule has 3 heterocycles. The molecule has 178 valence electrons. The Bertz CT molecular complexity index is 1400. The quantitative estimate of drug-likeness (QED) is 0.496. The number of carboxylic acids is 1. The van der Waals surface area contributed by atoms with Crippen molar-refractivity contribution in [3.05, 3.63) is 56.1 Å². The smallest absolute Gasteiger partial charge is 0.356 e. The van der Waals surface area contributed by atoms with E-state index in [-0.39, 0.29) is 40.6 Å². The van der Waals surface area contributed by atoms with Gasteiger partial charge in [-0.3, -0.25) is 9.36 Å². The maximum absolute atomic E-state index is 13.7. The first-order chi connectivity index (χ1) is 16.0. The van der Waals surface area contributed by atoms with Crippen LogP contribution in [0.5, 0.6) is 0 Å². The first kappa shape index (κ1) is 22.8. The third-order valence-corrected chi connectivity index (χ3v) is 6.96. The number of piperidine rings is 1. The summed E-state index contributed by atoms with van der Waals surface area (Å²) in [6.45, 7) is 2.01. The molecule has 1 aromatic carbocycles. The number of pyridine rings is 1. The molecule has 2 aliphatic rings. The number of carbonyl (C=O) groups is 1. The number of aromatic carboxylic acids is 1. The second-order valence-electron chi connectivity index (χ2n) is 8.66. The van der Waals surface area contributed by atoms with Crippen LogP contribution in [0, 0.1) is 11.8 Å². The summed E-state index contributed by atoms with van der Waals surface area (Å²) in [5.74, 6) is -5.06. The van der Waals surface area contributed by atoms with E-state index in [2.05, 4.69) is 15.3 Å². The predicted octanol–water partition coefficient (Wildman–Crippen LogP) is 4.21. The van der Waals surface area contributed by atoms with E-state index in [1.165, 1.54) is 22.8 Å². The van der Waals surface area contributed by atoms with E-state index in [4.69, 9.17) is 23.2 Å². The molecule has 3 atom stereocenters. The van der Waals surface area contributed by atoms with Gasteiger partial charge >= 0.3 is 5.97 Å². The van der Waals surface area contributed by atoms with Gasteiger partial charge in [0, 0.05) is 30.7 Å². The Hall–Kier alpha value is -2.98. The van der Waals surface area contributed by atoms with Crippen LogP contribution in [-0.2, 0) is 7.05 Å². The van der Waals surface area contributed by atoms with Gasteiger partial charge in [0.2, 0.25) is 5.95 Å². The fourth-order valence-electron chi connectivity index (χ4n) is 4.66. The van der Waals surface area contributed by atoms with Gasteiger partial charge in [0.25, 0.3) is 11.5 Å². The van der Waals surface area contributed by atoms with Crippen LogP contribution in [0.4, 0.5) is 20.4 Å². The normalized spacial score (nSPS) is 21.4. The highest BCUT2D eigenvalue weighted by atomic mass is 35.5. The fourth-order valence-corrected chi connectivity index (χ4v) is 5.04. The molecule has 2 aromatic heterocycles. The number of nitrogens with one attached hydrogen (secondary N) is 1. The molecule has 1 aliphatic carbocycles. The fraction of sp³-hybridized carbons (Fsp3) is 0.364. The molecule has 0 amide bonds. The SMILES string of the molecule is CC(Nc1ccc(Cl)nc1C(=O)O)c1cc(Cl)cc2c(=O)n(C)c(N3CC4C(C3)C4(F)F)nc12. The molecule has 8 nitrogen and oxygen atoms in total. The Kier molecular flexibility index (Phi) is 5.21. The second-order valence-corrected chi connectivity index (χ2v) is 9.48. The summed E-state index contributed by atoms with van der Waals surface area (Å²) in [4.78, 5) is 35.0. The lowest BCUT2D eigenvalue weighted by molar-refractivity contribution is 0.0691. The summed E-state index contributed by atoms with van der Waals surface area (Å²) in [6, 6.07) is 5.56. The molecule has 1 aliphatic heterocycles. The van der Waals surface area contributed by atoms with Gasteiger partial charge in [0.15, 0.2) is 5.69 Å². The van der Waals surface area contributed by atoms with Crippen molar-refractivity contribution in [2.75, 3.05) is 23.3 Å². The summed E-state index contributed by atoms with van der Waals surface area (Å²) in [5.41, 5.74) is 0.509. The van der Waals surface area contributed by atoms with Crippen molar-refractivity contribution in [2.45, 2.75) is 18.9 Å². The van der Waals surface area contributed by atoms with E-state index in [1.807, 2.05) is 0 Å². The van der Waals surface area contributed by atoms with Gasteiger partial charge in [0.1, 0.15) is 5.15 Å². The molecular weight excluding hydrogens is 491 g/mol. The first-order valence-electron chi connectivity index (χ1n) is 10.5. The van der Waals surface area contributed by atoms with E-state index < -0.39 is 29.8 Å². The third-order valence-electron chi connectivity index (χ3n) is 6.54. The zero-order chi connectivity index (χ0) is 24.5. The van der Waals surface area contributed by atoms with Gasteiger partial charge in [-0.25, -0.2) is 23.5 Å². The Balaban J connectivity index is 1.57. The van der Waals surface area contributed by atoms with E-state index in [0.717, 1.165) is 0 Å². The lowest BCUT2D eigenvalue weighted by Gasteiger charge is -2.24. The van der Waals surface area contributed by atoms with Gasteiger partial charge < -0.3 is 15.3 Å². The molecule has 2 fully saturated rings. The number of hydrogen-bond donors (Lipinski definition) is 2. The minimum Gasteiger partial charge on any atom is -0.476 e. The van der Waals surface area contributed by atoms with Crippen molar-refractivity contribution in [3.63, 3.8) is 0 Å². The Morgan fingerprint density at radius 3 is 2.56 bits per heavy atom. The standard InChI is InChI=1S/C22H19Cl2F2N5O3/c1-9(27-15-3-4-16(24)28-18(15)20(33)34)11-5-10(23)6-12-17(11)29-21(30(2)19(12)32)31-7-13-14(8-31)22(13,25)26/h3-6,9,13-14,27H,7-8H2,1-2H3,(H,33,34). The highest BCUT2D eigenvalue weighted by Crippen LogP contribution is 2.59. The highest BCUT2D eigenvalue weighted by molar-refractivity contribution is 6.31. The molecule has 34 heavy (non-hydrogen) atoms. The van der Waals surface area contributed by atoms with Crippen molar-refractivity contribution in [1.29, 1.82) is 0 Å². The maximum atomic E-state index is 13.7. The molecule has 2 N–H and O–H groups in total. The van der Waals surface area contributed by atoms with Crippen molar-refractivity contribution in [1.82, 2.24) is 14.5 Å². The molecule has 12 heteroatoms. The number of hydrogen-bond acceptors (Lipinski definition) is 6. The van der Waals surface area contributed by atoms with Gasteiger partial charge in [-0.1, -0.05) is 23.2 Å². The van der Waals surface area contributed by atoms with Crippen LogP contribution in [0.2, 0.25) is 10.2 Å². The van der Waals surface area contributed by atoms with Crippen LogP contribution >= 0.6 is 23.2 Å². The van der Waals surface area contributed by atoms with Gasteiger partial charge in [0.05, 0.1) is 34.5 Å².